The third-order valence-corrected chi connectivity index (χ3v) is 4.51. The second kappa shape index (κ2) is 6.47. The lowest BCUT2D eigenvalue weighted by molar-refractivity contribution is -0.154. The Labute approximate surface area is 140 Å². The average Bonchev–Trinajstić information content (AvgIpc) is 3.23. The van der Waals surface area contributed by atoms with Crippen molar-refractivity contribution in [2.45, 2.75) is 38.3 Å². The lowest BCUT2D eigenvalue weighted by atomic mass is 9.91. The summed E-state index contributed by atoms with van der Waals surface area (Å²) < 4.78 is 6.85. The number of aromatic nitrogens is 2. The quantitative estimate of drug-likeness (QED) is 0.852. The third kappa shape index (κ3) is 2.68. The number of amides is 1. The molecule has 3 rings (SSSR count). The summed E-state index contributed by atoms with van der Waals surface area (Å²) in [5.41, 5.74) is 0.771. The molecule has 24 heavy (non-hydrogen) atoms. The van der Waals surface area contributed by atoms with Gasteiger partial charge in [-0.15, -0.1) is 0 Å². The molecule has 0 bridgehead atoms. The molecule has 0 aliphatic heterocycles. The fraction of sp³-hybridized carbons (Fsp3) is 0.389. The SMILES string of the molecule is CCOC(=O)[C@]1(NC(=O)[C@@H](C)n2cccn2)CCc2ccccc21. The zero-order chi connectivity index (χ0) is 17.2. The van der Waals surface area contributed by atoms with Crippen molar-refractivity contribution in [2.24, 2.45) is 0 Å². The minimum Gasteiger partial charge on any atom is -0.464 e. The van der Waals surface area contributed by atoms with Crippen LogP contribution in [0.15, 0.2) is 42.7 Å². The molecule has 0 saturated heterocycles. The Balaban J connectivity index is 1.93. The Morgan fingerprint density at radius 1 is 1.38 bits per heavy atom. The largest absolute Gasteiger partial charge is 0.464 e. The van der Waals surface area contributed by atoms with Crippen LogP contribution in [0.25, 0.3) is 0 Å². The lowest BCUT2D eigenvalue weighted by Crippen LogP contribution is -2.52. The van der Waals surface area contributed by atoms with Gasteiger partial charge in [0.15, 0.2) is 5.54 Å². The molecule has 2 aromatic rings. The molecule has 1 N–H and O–H groups in total. The van der Waals surface area contributed by atoms with Gasteiger partial charge in [0.1, 0.15) is 6.04 Å². The minimum absolute atomic E-state index is 0.261. The van der Waals surface area contributed by atoms with Gasteiger partial charge in [0.05, 0.1) is 6.61 Å². The standard InChI is InChI=1S/C18H21N3O3/c1-3-24-17(23)18(10-9-14-7-4-5-8-15(14)18)20-16(22)13(2)21-12-6-11-19-21/h4-8,11-13H,3,9-10H2,1-2H3,(H,20,22)/t13-,18+/m1/s1. The maximum Gasteiger partial charge on any atom is 0.336 e. The van der Waals surface area contributed by atoms with E-state index in [1.165, 1.54) is 0 Å². The molecular formula is C18H21N3O3. The van der Waals surface area contributed by atoms with E-state index < -0.39 is 17.6 Å². The van der Waals surface area contributed by atoms with Gasteiger partial charge in [0.25, 0.3) is 0 Å². The first-order chi connectivity index (χ1) is 11.6. The van der Waals surface area contributed by atoms with E-state index in [0.717, 1.165) is 17.5 Å². The van der Waals surface area contributed by atoms with Crippen molar-refractivity contribution < 1.29 is 14.3 Å². The summed E-state index contributed by atoms with van der Waals surface area (Å²) in [6, 6.07) is 8.93. The molecule has 1 aliphatic carbocycles. The number of ether oxygens (including phenoxy) is 1. The van der Waals surface area contributed by atoms with Crippen LogP contribution in [0.3, 0.4) is 0 Å². The Kier molecular flexibility index (Phi) is 4.38. The number of nitrogens with zero attached hydrogens (tertiary/aromatic N) is 2. The van der Waals surface area contributed by atoms with Gasteiger partial charge >= 0.3 is 5.97 Å². The Bertz CT molecular complexity index is 742. The normalized spacial score (nSPS) is 20.2. The van der Waals surface area contributed by atoms with Gasteiger partial charge in [-0.05, 0) is 43.9 Å². The predicted octanol–water partition coefficient (Wildman–Crippen LogP) is 1.97. The van der Waals surface area contributed by atoms with Crippen LogP contribution in [0.1, 0.15) is 37.4 Å². The van der Waals surface area contributed by atoms with Crippen LogP contribution in [-0.2, 0) is 26.3 Å². The third-order valence-electron chi connectivity index (χ3n) is 4.51. The van der Waals surface area contributed by atoms with Crippen LogP contribution in [0.5, 0.6) is 0 Å². The number of benzene rings is 1. The van der Waals surface area contributed by atoms with Gasteiger partial charge in [-0.1, -0.05) is 24.3 Å². The molecule has 1 amide bonds. The molecule has 1 heterocycles. The number of nitrogens with one attached hydrogen (secondary N) is 1. The monoisotopic (exact) mass is 327 g/mol. The first kappa shape index (κ1) is 16.2. The Morgan fingerprint density at radius 2 is 2.17 bits per heavy atom. The Morgan fingerprint density at radius 3 is 2.88 bits per heavy atom. The number of rotatable bonds is 5. The molecule has 1 aromatic carbocycles. The van der Waals surface area contributed by atoms with Gasteiger partial charge in [-0.3, -0.25) is 9.48 Å². The zero-order valence-corrected chi connectivity index (χ0v) is 13.9. The van der Waals surface area contributed by atoms with E-state index in [-0.39, 0.29) is 12.5 Å². The number of fused-ring (bicyclic) bond motifs is 1. The predicted molar refractivity (Wildman–Crippen MR) is 88.2 cm³/mol. The first-order valence-electron chi connectivity index (χ1n) is 8.15. The summed E-state index contributed by atoms with van der Waals surface area (Å²) in [5.74, 6) is -0.667. The molecule has 1 aliphatic rings. The first-order valence-corrected chi connectivity index (χ1v) is 8.15. The maximum atomic E-state index is 12.7. The fourth-order valence-electron chi connectivity index (χ4n) is 3.20. The highest BCUT2D eigenvalue weighted by atomic mass is 16.5. The van der Waals surface area contributed by atoms with E-state index >= 15 is 0 Å². The van der Waals surface area contributed by atoms with Gasteiger partial charge in [0.2, 0.25) is 5.91 Å². The molecular weight excluding hydrogens is 306 g/mol. The van der Waals surface area contributed by atoms with Crippen molar-refractivity contribution in [3.05, 3.63) is 53.9 Å². The highest BCUT2D eigenvalue weighted by Crippen LogP contribution is 2.38. The summed E-state index contributed by atoms with van der Waals surface area (Å²) >= 11 is 0. The average molecular weight is 327 g/mol. The summed E-state index contributed by atoms with van der Waals surface area (Å²) in [4.78, 5) is 25.5. The molecule has 0 unspecified atom stereocenters. The molecule has 0 saturated carbocycles. The van der Waals surface area contributed by atoms with Gasteiger partial charge in [-0.25, -0.2) is 4.79 Å². The van der Waals surface area contributed by atoms with Crippen LogP contribution in [0.4, 0.5) is 0 Å². The van der Waals surface area contributed by atoms with Crippen molar-refractivity contribution in [3.8, 4) is 0 Å². The zero-order valence-electron chi connectivity index (χ0n) is 13.9. The van der Waals surface area contributed by atoms with Crippen molar-refractivity contribution in [2.75, 3.05) is 6.61 Å². The van der Waals surface area contributed by atoms with Crippen LogP contribution >= 0.6 is 0 Å². The number of aryl methyl sites for hydroxylation is 1. The molecule has 6 heteroatoms. The van der Waals surface area contributed by atoms with Gasteiger partial charge in [0, 0.05) is 12.4 Å². The van der Waals surface area contributed by atoms with Crippen molar-refractivity contribution in [1.82, 2.24) is 15.1 Å². The van der Waals surface area contributed by atoms with Gasteiger partial charge in [-0.2, -0.15) is 5.10 Å². The summed E-state index contributed by atoms with van der Waals surface area (Å²) in [7, 11) is 0. The molecule has 126 valence electrons. The van der Waals surface area contributed by atoms with Crippen molar-refractivity contribution in [3.63, 3.8) is 0 Å². The van der Waals surface area contributed by atoms with Gasteiger partial charge < -0.3 is 10.1 Å². The molecule has 1 aromatic heterocycles. The fourth-order valence-corrected chi connectivity index (χ4v) is 3.20. The van der Waals surface area contributed by atoms with E-state index in [0.29, 0.717) is 6.42 Å². The smallest absolute Gasteiger partial charge is 0.336 e. The molecule has 0 radical (unpaired) electrons. The summed E-state index contributed by atoms with van der Waals surface area (Å²) in [5, 5.41) is 7.05. The number of carbonyl (C=O) groups is 2. The number of carbonyl (C=O) groups excluding carboxylic acids is 2. The topological polar surface area (TPSA) is 73.2 Å². The Hall–Kier alpha value is -2.63. The van der Waals surface area contributed by atoms with Crippen LogP contribution in [0, 0.1) is 0 Å². The van der Waals surface area contributed by atoms with E-state index in [1.807, 2.05) is 24.3 Å². The molecule has 0 spiro atoms. The van der Waals surface area contributed by atoms with E-state index in [4.69, 9.17) is 4.74 Å². The number of hydrogen-bond acceptors (Lipinski definition) is 4. The number of hydrogen-bond donors (Lipinski definition) is 1. The molecule has 2 atom stereocenters. The highest BCUT2D eigenvalue weighted by molar-refractivity contribution is 5.91. The van der Waals surface area contributed by atoms with Crippen LogP contribution in [0.2, 0.25) is 0 Å². The highest BCUT2D eigenvalue weighted by Gasteiger charge is 2.48. The van der Waals surface area contributed by atoms with Crippen molar-refractivity contribution in [1.29, 1.82) is 0 Å². The van der Waals surface area contributed by atoms with Crippen molar-refractivity contribution >= 4 is 11.9 Å². The van der Waals surface area contributed by atoms with E-state index in [9.17, 15) is 9.59 Å². The van der Waals surface area contributed by atoms with Crippen LogP contribution < -0.4 is 5.32 Å². The summed E-state index contributed by atoms with van der Waals surface area (Å²) in [6.45, 7) is 3.79. The molecule has 6 nitrogen and oxygen atoms in total. The maximum absolute atomic E-state index is 12.7. The minimum atomic E-state index is -1.12. The second-order valence-electron chi connectivity index (χ2n) is 5.93. The number of esters is 1. The van der Waals surface area contributed by atoms with E-state index in [1.54, 1.807) is 37.0 Å². The van der Waals surface area contributed by atoms with E-state index in [2.05, 4.69) is 10.4 Å². The molecule has 0 fully saturated rings. The second-order valence-corrected chi connectivity index (χ2v) is 5.93. The van der Waals surface area contributed by atoms with Crippen LogP contribution in [-0.4, -0.2) is 28.3 Å². The lowest BCUT2D eigenvalue weighted by Gasteiger charge is -2.30. The summed E-state index contributed by atoms with van der Waals surface area (Å²) in [6.07, 6.45) is 4.58.